The van der Waals surface area contributed by atoms with Gasteiger partial charge in [-0.25, -0.2) is 13.1 Å². The first-order chi connectivity index (χ1) is 9.73. The number of nitrogens with zero attached hydrogens (tertiary/aromatic N) is 1. The molecule has 0 radical (unpaired) electrons. The van der Waals surface area contributed by atoms with Gasteiger partial charge in [0.1, 0.15) is 5.56 Å². The molecule has 1 heterocycles. The highest BCUT2D eigenvalue weighted by atomic mass is 32.2. The number of rotatable bonds is 6. The molecule has 0 aliphatic carbocycles. The number of nitrogens with one attached hydrogen (secondary N) is 2. The third kappa shape index (κ3) is 4.15. The van der Waals surface area contributed by atoms with Gasteiger partial charge in [0.25, 0.3) is 11.5 Å². The zero-order valence-corrected chi connectivity index (χ0v) is 13.5. The van der Waals surface area contributed by atoms with Crippen molar-refractivity contribution in [2.75, 3.05) is 19.3 Å². The maximum atomic E-state index is 12.3. The third-order valence-corrected chi connectivity index (χ3v) is 4.58. The second kappa shape index (κ2) is 6.86. The predicted octanol–water partition coefficient (Wildman–Crippen LogP) is -0.236. The second-order valence-corrected chi connectivity index (χ2v) is 6.72. The predicted molar refractivity (Wildman–Crippen MR) is 81.0 cm³/mol. The number of sulfonamides is 1. The Labute approximate surface area is 124 Å². The summed E-state index contributed by atoms with van der Waals surface area (Å²) >= 11 is 0. The largest absolute Gasteiger partial charge is 0.351 e. The number of aromatic nitrogens is 1. The van der Waals surface area contributed by atoms with Gasteiger partial charge in [0, 0.05) is 18.8 Å². The minimum Gasteiger partial charge on any atom is -0.351 e. The SMILES string of the molecule is CCn1c(C)cc(C)c(C(=O)NCCS(=O)(=O)NC)c1=O. The van der Waals surface area contributed by atoms with Gasteiger partial charge in [-0.1, -0.05) is 0 Å². The Morgan fingerprint density at radius 1 is 1.33 bits per heavy atom. The molecule has 0 unspecified atom stereocenters. The Bertz CT molecular complexity index is 692. The molecule has 1 amide bonds. The minimum atomic E-state index is -3.39. The van der Waals surface area contributed by atoms with Gasteiger partial charge in [0.05, 0.1) is 5.75 Å². The van der Waals surface area contributed by atoms with E-state index in [4.69, 9.17) is 0 Å². The first-order valence-corrected chi connectivity index (χ1v) is 8.29. The Balaban J connectivity index is 2.96. The van der Waals surface area contributed by atoms with Crippen LogP contribution in [0.2, 0.25) is 0 Å². The molecule has 0 saturated heterocycles. The number of hydrogen-bond acceptors (Lipinski definition) is 4. The second-order valence-electron chi connectivity index (χ2n) is 4.67. The average Bonchev–Trinajstić information content (AvgIpc) is 2.38. The highest BCUT2D eigenvalue weighted by Gasteiger charge is 2.17. The summed E-state index contributed by atoms with van der Waals surface area (Å²) in [4.78, 5) is 24.4. The number of amides is 1. The maximum absolute atomic E-state index is 12.3. The van der Waals surface area contributed by atoms with Crippen LogP contribution < -0.4 is 15.6 Å². The number of pyridine rings is 1. The van der Waals surface area contributed by atoms with Crippen LogP contribution in [0, 0.1) is 13.8 Å². The molecule has 1 aromatic heterocycles. The molecule has 0 fully saturated rings. The molecule has 0 atom stereocenters. The molecule has 7 nitrogen and oxygen atoms in total. The zero-order chi connectivity index (χ0) is 16.2. The lowest BCUT2D eigenvalue weighted by molar-refractivity contribution is 0.0953. The van der Waals surface area contributed by atoms with Crippen LogP contribution in [0.25, 0.3) is 0 Å². The summed E-state index contributed by atoms with van der Waals surface area (Å²) in [5.41, 5.74) is 1.07. The monoisotopic (exact) mass is 315 g/mol. The summed E-state index contributed by atoms with van der Waals surface area (Å²) in [7, 11) is -2.08. The van der Waals surface area contributed by atoms with Crippen molar-refractivity contribution in [2.24, 2.45) is 0 Å². The van der Waals surface area contributed by atoms with Gasteiger partial charge in [-0.3, -0.25) is 9.59 Å². The fourth-order valence-corrected chi connectivity index (χ4v) is 2.66. The van der Waals surface area contributed by atoms with Crippen LogP contribution in [0.1, 0.15) is 28.5 Å². The van der Waals surface area contributed by atoms with Crippen LogP contribution in [-0.2, 0) is 16.6 Å². The van der Waals surface area contributed by atoms with E-state index in [1.165, 1.54) is 11.6 Å². The van der Waals surface area contributed by atoms with Gasteiger partial charge in [0.2, 0.25) is 10.0 Å². The molecule has 0 aliphatic rings. The Kier molecular flexibility index (Phi) is 5.68. The zero-order valence-electron chi connectivity index (χ0n) is 12.7. The molecule has 118 valence electrons. The fraction of sp³-hybridized carbons (Fsp3) is 0.538. The molecule has 0 aliphatic heterocycles. The molecular formula is C13H21N3O4S. The van der Waals surface area contributed by atoms with E-state index in [1.807, 2.05) is 6.92 Å². The van der Waals surface area contributed by atoms with Crippen molar-refractivity contribution in [3.63, 3.8) is 0 Å². The van der Waals surface area contributed by atoms with Gasteiger partial charge < -0.3 is 9.88 Å². The van der Waals surface area contributed by atoms with Crippen molar-refractivity contribution in [1.82, 2.24) is 14.6 Å². The van der Waals surface area contributed by atoms with Crippen molar-refractivity contribution in [3.05, 3.63) is 33.2 Å². The Morgan fingerprint density at radius 3 is 2.48 bits per heavy atom. The highest BCUT2D eigenvalue weighted by Crippen LogP contribution is 2.06. The maximum Gasteiger partial charge on any atom is 0.263 e. The average molecular weight is 315 g/mol. The van der Waals surface area contributed by atoms with E-state index >= 15 is 0 Å². The number of carbonyl (C=O) groups excluding carboxylic acids is 1. The smallest absolute Gasteiger partial charge is 0.263 e. The van der Waals surface area contributed by atoms with Crippen LogP contribution in [0.3, 0.4) is 0 Å². The summed E-state index contributed by atoms with van der Waals surface area (Å²) < 4.78 is 26.2. The fourth-order valence-electron chi connectivity index (χ4n) is 2.09. The summed E-state index contributed by atoms with van der Waals surface area (Å²) in [5.74, 6) is -0.784. The summed E-state index contributed by atoms with van der Waals surface area (Å²) in [5, 5.41) is 2.47. The van der Waals surface area contributed by atoms with E-state index in [0.29, 0.717) is 12.1 Å². The summed E-state index contributed by atoms with van der Waals surface area (Å²) in [6, 6.07) is 1.77. The standard InChI is InChI=1S/C13H21N3O4S/c1-5-16-10(3)8-9(2)11(13(16)18)12(17)15-6-7-21(19,20)14-4/h8,14H,5-7H2,1-4H3,(H,15,17). The number of aryl methyl sites for hydroxylation is 2. The molecule has 8 heteroatoms. The van der Waals surface area contributed by atoms with Crippen molar-refractivity contribution in [1.29, 1.82) is 0 Å². The first-order valence-electron chi connectivity index (χ1n) is 6.64. The lowest BCUT2D eigenvalue weighted by Crippen LogP contribution is -2.37. The molecule has 21 heavy (non-hydrogen) atoms. The van der Waals surface area contributed by atoms with E-state index < -0.39 is 15.9 Å². The van der Waals surface area contributed by atoms with Crippen LogP contribution in [0.5, 0.6) is 0 Å². The molecule has 2 N–H and O–H groups in total. The molecule has 1 aromatic rings. The van der Waals surface area contributed by atoms with Crippen LogP contribution in [0.4, 0.5) is 0 Å². The molecule has 0 aromatic carbocycles. The molecular weight excluding hydrogens is 294 g/mol. The van der Waals surface area contributed by atoms with Crippen molar-refractivity contribution in [2.45, 2.75) is 27.3 Å². The van der Waals surface area contributed by atoms with Crippen molar-refractivity contribution in [3.8, 4) is 0 Å². The lowest BCUT2D eigenvalue weighted by atomic mass is 10.1. The molecule has 1 rings (SSSR count). The quantitative estimate of drug-likeness (QED) is 0.757. The van der Waals surface area contributed by atoms with E-state index in [0.717, 1.165) is 5.69 Å². The van der Waals surface area contributed by atoms with E-state index in [1.54, 1.807) is 19.9 Å². The third-order valence-electron chi connectivity index (χ3n) is 3.22. The summed E-state index contributed by atoms with van der Waals surface area (Å²) in [6.07, 6.45) is 0. The Hall–Kier alpha value is -1.67. The Morgan fingerprint density at radius 2 is 1.95 bits per heavy atom. The van der Waals surface area contributed by atoms with Gasteiger partial charge >= 0.3 is 0 Å². The molecule has 0 spiro atoms. The molecule has 0 bridgehead atoms. The first kappa shape index (κ1) is 17.4. The van der Waals surface area contributed by atoms with Crippen molar-refractivity contribution < 1.29 is 13.2 Å². The normalized spacial score (nSPS) is 11.4. The summed E-state index contributed by atoms with van der Waals surface area (Å²) in [6.45, 7) is 5.73. The van der Waals surface area contributed by atoms with E-state index in [9.17, 15) is 18.0 Å². The van der Waals surface area contributed by atoms with Crippen LogP contribution in [-0.4, -0.2) is 38.2 Å². The highest BCUT2D eigenvalue weighted by molar-refractivity contribution is 7.89. The molecule has 0 saturated carbocycles. The van der Waals surface area contributed by atoms with Gasteiger partial charge in [0.15, 0.2) is 0 Å². The van der Waals surface area contributed by atoms with Gasteiger partial charge in [-0.05, 0) is 39.4 Å². The van der Waals surface area contributed by atoms with Gasteiger partial charge in [-0.2, -0.15) is 0 Å². The number of hydrogen-bond donors (Lipinski definition) is 2. The minimum absolute atomic E-state index is 0.0547. The van der Waals surface area contributed by atoms with E-state index in [2.05, 4.69) is 10.0 Å². The van der Waals surface area contributed by atoms with Gasteiger partial charge in [-0.15, -0.1) is 0 Å². The lowest BCUT2D eigenvalue weighted by Gasteiger charge is -2.13. The van der Waals surface area contributed by atoms with Crippen LogP contribution >= 0.6 is 0 Å². The van der Waals surface area contributed by atoms with Crippen molar-refractivity contribution >= 4 is 15.9 Å². The van der Waals surface area contributed by atoms with E-state index in [-0.39, 0.29) is 23.4 Å². The number of carbonyl (C=O) groups is 1. The van der Waals surface area contributed by atoms with Crippen LogP contribution in [0.15, 0.2) is 10.9 Å². The topological polar surface area (TPSA) is 97.3 Å².